The van der Waals surface area contributed by atoms with Crippen LogP contribution in [-0.4, -0.2) is 16.3 Å². The summed E-state index contributed by atoms with van der Waals surface area (Å²) < 4.78 is 0. The van der Waals surface area contributed by atoms with E-state index in [2.05, 4.69) is 6.07 Å². The number of benzene rings is 1. The number of aliphatic carboxylic acids is 1. The highest BCUT2D eigenvalue weighted by Gasteiger charge is 2.19. The molecule has 0 bridgehead atoms. The first-order chi connectivity index (χ1) is 7.60. The van der Waals surface area contributed by atoms with Crippen LogP contribution in [0.5, 0.6) is 0 Å². The largest absolute Gasteiger partial charge is 0.480 e. The van der Waals surface area contributed by atoms with Crippen molar-refractivity contribution in [2.75, 3.05) is 0 Å². The smallest absolute Gasteiger partial charge is 0.316 e. The van der Waals surface area contributed by atoms with Gasteiger partial charge in [0.2, 0.25) is 0 Å². The molecule has 1 rings (SSSR count). The minimum atomic E-state index is -0.834. The lowest BCUT2D eigenvalue weighted by Crippen LogP contribution is -2.15. The molecule has 0 amide bonds. The monoisotopic (exact) mass is 235 g/mol. The molecule has 0 aromatic heterocycles. The number of carboxylic acid groups (broad SMARTS) is 1. The Bertz CT molecular complexity index is 437. The maximum atomic E-state index is 10.9. The van der Waals surface area contributed by atoms with Gasteiger partial charge >= 0.3 is 5.97 Å². The summed E-state index contributed by atoms with van der Waals surface area (Å²) in [6, 6.07) is 7.50. The highest BCUT2D eigenvalue weighted by Crippen LogP contribution is 2.31. The van der Waals surface area contributed by atoms with Gasteiger partial charge in [-0.05, 0) is 25.0 Å². The summed E-state index contributed by atoms with van der Waals surface area (Å²) in [5.74, 6) is -0.834. The molecule has 0 heterocycles. The van der Waals surface area contributed by atoms with Crippen molar-refractivity contribution >= 4 is 17.7 Å². The van der Waals surface area contributed by atoms with E-state index >= 15 is 0 Å². The van der Waals surface area contributed by atoms with E-state index in [0.717, 1.165) is 10.5 Å². The molecule has 0 aliphatic heterocycles. The van der Waals surface area contributed by atoms with Crippen LogP contribution in [-0.2, 0) is 4.79 Å². The van der Waals surface area contributed by atoms with Gasteiger partial charge in [0.25, 0.3) is 0 Å². The van der Waals surface area contributed by atoms with Gasteiger partial charge in [0.05, 0.1) is 5.56 Å². The predicted octanol–water partition coefficient (Wildman–Crippen LogP) is 2.82. The lowest BCUT2D eigenvalue weighted by molar-refractivity contribution is -0.136. The highest BCUT2D eigenvalue weighted by molar-refractivity contribution is 8.00. The van der Waals surface area contributed by atoms with E-state index in [-0.39, 0.29) is 0 Å². The summed E-state index contributed by atoms with van der Waals surface area (Å²) in [5, 5.41) is 17.4. The summed E-state index contributed by atoms with van der Waals surface area (Å²) >= 11 is 1.25. The quantitative estimate of drug-likeness (QED) is 0.815. The third-order valence-electron chi connectivity index (χ3n) is 2.24. The van der Waals surface area contributed by atoms with Crippen LogP contribution in [0.25, 0.3) is 0 Å². The lowest BCUT2D eigenvalue weighted by atomic mass is 10.1. The van der Waals surface area contributed by atoms with Gasteiger partial charge in [0.15, 0.2) is 0 Å². The zero-order valence-electron chi connectivity index (χ0n) is 9.23. The van der Waals surface area contributed by atoms with Gasteiger partial charge in [-0.1, -0.05) is 19.1 Å². The van der Waals surface area contributed by atoms with Crippen molar-refractivity contribution in [3.8, 4) is 6.07 Å². The molecule has 16 heavy (non-hydrogen) atoms. The number of hydrogen-bond acceptors (Lipinski definition) is 3. The maximum absolute atomic E-state index is 10.9. The van der Waals surface area contributed by atoms with Gasteiger partial charge in [0, 0.05) is 4.90 Å². The van der Waals surface area contributed by atoms with E-state index in [1.165, 1.54) is 11.8 Å². The number of hydrogen-bond donors (Lipinski definition) is 1. The van der Waals surface area contributed by atoms with Crippen molar-refractivity contribution < 1.29 is 9.90 Å². The second-order valence-corrected chi connectivity index (χ2v) is 4.63. The first kappa shape index (κ1) is 12.6. The second kappa shape index (κ2) is 5.57. The number of carboxylic acids is 1. The molecule has 0 saturated carbocycles. The van der Waals surface area contributed by atoms with Crippen LogP contribution in [0.3, 0.4) is 0 Å². The number of nitriles is 1. The molecule has 3 nitrogen and oxygen atoms in total. The van der Waals surface area contributed by atoms with E-state index in [9.17, 15) is 4.79 Å². The van der Waals surface area contributed by atoms with Crippen LogP contribution in [0.2, 0.25) is 0 Å². The molecular formula is C12H13NO2S. The van der Waals surface area contributed by atoms with Crippen molar-refractivity contribution in [2.24, 2.45) is 0 Å². The molecule has 0 spiro atoms. The first-order valence-electron chi connectivity index (χ1n) is 4.99. The maximum Gasteiger partial charge on any atom is 0.316 e. The topological polar surface area (TPSA) is 61.1 Å². The minimum absolute atomic E-state index is 0.492. The Morgan fingerprint density at radius 1 is 1.62 bits per heavy atom. The fourth-order valence-corrected chi connectivity index (χ4v) is 2.39. The fourth-order valence-electron chi connectivity index (χ4n) is 1.35. The molecule has 1 aromatic rings. The molecule has 0 radical (unpaired) electrons. The Labute approximate surface area is 99.1 Å². The van der Waals surface area contributed by atoms with Gasteiger partial charge in [-0.2, -0.15) is 5.26 Å². The van der Waals surface area contributed by atoms with E-state index in [4.69, 9.17) is 10.4 Å². The molecule has 0 saturated heterocycles. The molecule has 84 valence electrons. The average molecular weight is 235 g/mol. The van der Waals surface area contributed by atoms with Gasteiger partial charge in [0.1, 0.15) is 11.3 Å². The average Bonchev–Trinajstić information content (AvgIpc) is 2.26. The molecule has 1 N–H and O–H groups in total. The van der Waals surface area contributed by atoms with Gasteiger partial charge < -0.3 is 5.11 Å². The molecule has 0 fully saturated rings. The van der Waals surface area contributed by atoms with E-state index in [1.807, 2.05) is 19.9 Å². The second-order valence-electron chi connectivity index (χ2n) is 3.42. The molecule has 1 aromatic carbocycles. The summed E-state index contributed by atoms with van der Waals surface area (Å²) in [5.41, 5.74) is 1.49. The predicted molar refractivity (Wildman–Crippen MR) is 63.5 cm³/mol. The summed E-state index contributed by atoms with van der Waals surface area (Å²) in [6.07, 6.45) is 0.541. The van der Waals surface area contributed by atoms with Gasteiger partial charge in [-0.15, -0.1) is 11.8 Å². The molecule has 4 heteroatoms. The summed E-state index contributed by atoms with van der Waals surface area (Å²) in [4.78, 5) is 11.7. The number of carbonyl (C=O) groups is 1. The van der Waals surface area contributed by atoms with Crippen molar-refractivity contribution in [1.82, 2.24) is 0 Å². The number of rotatable bonds is 4. The zero-order valence-corrected chi connectivity index (χ0v) is 10.0. The summed E-state index contributed by atoms with van der Waals surface area (Å²) in [7, 11) is 0. The third-order valence-corrected chi connectivity index (χ3v) is 3.84. The van der Waals surface area contributed by atoms with E-state index in [1.54, 1.807) is 12.1 Å². The normalized spacial score (nSPS) is 11.8. The number of thioether (sulfide) groups is 1. The van der Waals surface area contributed by atoms with Crippen molar-refractivity contribution in [3.05, 3.63) is 29.3 Å². The fraction of sp³-hybridized carbons (Fsp3) is 0.333. The Balaban J connectivity index is 3.05. The van der Waals surface area contributed by atoms with Gasteiger partial charge in [-0.25, -0.2) is 0 Å². The number of nitrogens with zero attached hydrogens (tertiary/aromatic N) is 1. The van der Waals surface area contributed by atoms with Crippen LogP contribution in [0, 0.1) is 18.3 Å². The van der Waals surface area contributed by atoms with Crippen molar-refractivity contribution in [1.29, 1.82) is 5.26 Å². The minimum Gasteiger partial charge on any atom is -0.480 e. The Morgan fingerprint density at radius 2 is 2.31 bits per heavy atom. The van der Waals surface area contributed by atoms with Crippen LogP contribution in [0.1, 0.15) is 24.5 Å². The SMILES string of the molecule is CCC(Sc1c(C)cccc1C#N)C(=O)O. The molecular weight excluding hydrogens is 222 g/mol. The van der Waals surface area contributed by atoms with Crippen LogP contribution >= 0.6 is 11.8 Å². The Morgan fingerprint density at radius 3 is 2.81 bits per heavy atom. The number of aryl methyl sites for hydroxylation is 1. The first-order valence-corrected chi connectivity index (χ1v) is 5.87. The Kier molecular flexibility index (Phi) is 4.39. The van der Waals surface area contributed by atoms with Crippen LogP contribution in [0.4, 0.5) is 0 Å². The molecule has 1 unspecified atom stereocenters. The van der Waals surface area contributed by atoms with E-state index in [0.29, 0.717) is 12.0 Å². The highest BCUT2D eigenvalue weighted by atomic mass is 32.2. The zero-order chi connectivity index (χ0) is 12.1. The van der Waals surface area contributed by atoms with Crippen LogP contribution < -0.4 is 0 Å². The molecule has 0 aliphatic carbocycles. The third kappa shape index (κ3) is 2.77. The molecule has 0 aliphatic rings. The van der Waals surface area contributed by atoms with Crippen LogP contribution in [0.15, 0.2) is 23.1 Å². The standard InChI is InChI=1S/C12H13NO2S/c1-3-10(12(14)15)16-11-8(2)5-4-6-9(11)7-13/h4-6,10H,3H2,1-2H3,(H,14,15). The Hall–Kier alpha value is -1.47. The van der Waals surface area contributed by atoms with Crippen molar-refractivity contribution in [2.45, 2.75) is 30.4 Å². The molecule has 1 atom stereocenters. The van der Waals surface area contributed by atoms with Gasteiger partial charge in [-0.3, -0.25) is 4.79 Å². The van der Waals surface area contributed by atoms with Crippen molar-refractivity contribution in [3.63, 3.8) is 0 Å². The van der Waals surface area contributed by atoms with E-state index < -0.39 is 11.2 Å². The summed E-state index contributed by atoms with van der Waals surface area (Å²) in [6.45, 7) is 3.72. The lowest BCUT2D eigenvalue weighted by Gasteiger charge is -2.12.